The average molecular weight is 431 g/mol. The molecule has 0 bridgehead atoms. The second kappa shape index (κ2) is 9.32. The van der Waals surface area contributed by atoms with Gasteiger partial charge in [0.05, 0.1) is 30.2 Å². The summed E-state index contributed by atoms with van der Waals surface area (Å²) in [4.78, 5) is 30.1. The van der Waals surface area contributed by atoms with E-state index in [0.717, 1.165) is 0 Å². The maximum atomic E-state index is 13.2. The molecule has 3 rings (SSSR count). The Bertz CT molecular complexity index is 952. The van der Waals surface area contributed by atoms with Gasteiger partial charge in [0.25, 0.3) is 5.91 Å². The fourth-order valence-corrected chi connectivity index (χ4v) is 4.12. The van der Waals surface area contributed by atoms with Crippen LogP contribution in [0.3, 0.4) is 0 Å². The summed E-state index contributed by atoms with van der Waals surface area (Å²) in [6, 6.07) is 8.06. The van der Waals surface area contributed by atoms with Gasteiger partial charge in [0.1, 0.15) is 0 Å². The molecule has 1 N–H and O–H groups in total. The number of hydrogen-bond acceptors (Lipinski definition) is 7. The molecule has 0 saturated heterocycles. The quantitative estimate of drug-likeness (QED) is 0.615. The molecule has 1 aliphatic heterocycles. The first kappa shape index (κ1) is 21.9. The van der Waals surface area contributed by atoms with E-state index in [1.165, 1.54) is 23.3 Å². The van der Waals surface area contributed by atoms with Crippen LogP contribution in [0.15, 0.2) is 47.0 Å². The normalized spacial score (nSPS) is 16.5. The van der Waals surface area contributed by atoms with Crippen LogP contribution >= 0.6 is 11.3 Å². The van der Waals surface area contributed by atoms with Gasteiger partial charge in [-0.2, -0.15) is 0 Å². The van der Waals surface area contributed by atoms with Crippen molar-refractivity contribution in [1.82, 2.24) is 9.80 Å². The van der Waals surface area contributed by atoms with E-state index < -0.39 is 17.7 Å². The Kier molecular flexibility index (Phi) is 6.79. The highest BCUT2D eigenvalue weighted by molar-refractivity contribution is 7.12. The average Bonchev–Trinajstić information content (AvgIpc) is 3.34. The fraction of sp³-hybridized carbons (Fsp3) is 0.364. The lowest BCUT2D eigenvalue weighted by Crippen LogP contribution is -2.36. The second-order valence-electron chi connectivity index (χ2n) is 7.12. The number of Topliss-reactive ketones (excluding diaryl/α,β-unsaturated/α-hetero) is 1. The number of hydrogen-bond donors (Lipinski definition) is 1. The third kappa shape index (κ3) is 4.20. The second-order valence-corrected chi connectivity index (χ2v) is 8.06. The molecule has 0 radical (unpaired) electrons. The SMILES string of the molecule is CCOc1ccc([C@@H]2C(C(=O)c3cccs3)=C(O)C(=O)N2CCN(C)C)cc1OC. The topological polar surface area (TPSA) is 79.3 Å². The Hall–Kier alpha value is -2.84. The van der Waals surface area contributed by atoms with Gasteiger partial charge in [0.15, 0.2) is 17.3 Å². The smallest absolute Gasteiger partial charge is 0.290 e. The maximum Gasteiger partial charge on any atom is 0.290 e. The van der Waals surface area contributed by atoms with E-state index in [4.69, 9.17) is 9.47 Å². The number of ketones is 1. The Morgan fingerprint density at radius 1 is 1.27 bits per heavy atom. The third-order valence-electron chi connectivity index (χ3n) is 4.88. The van der Waals surface area contributed by atoms with Crippen LogP contribution < -0.4 is 9.47 Å². The van der Waals surface area contributed by atoms with E-state index in [-0.39, 0.29) is 11.4 Å². The number of nitrogens with zero attached hydrogens (tertiary/aromatic N) is 2. The number of thiophene rings is 1. The Balaban J connectivity index is 2.08. The zero-order valence-corrected chi connectivity index (χ0v) is 18.4. The molecule has 1 atom stereocenters. The summed E-state index contributed by atoms with van der Waals surface area (Å²) >= 11 is 1.28. The Labute approximate surface area is 180 Å². The largest absolute Gasteiger partial charge is 0.503 e. The van der Waals surface area contributed by atoms with Crippen LogP contribution in [0, 0.1) is 0 Å². The van der Waals surface area contributed by atoms with Crippen molar-refractivity contribution in [2.75, 3.05) is 40.9 Å². The summed E-state index contributed by atoms with van der Waals surface area (Å²) in [5.74, 6) is -0.309. The van der Waals surface area contributed by atoms with E-state index in [9.17, 15) is 14.7 Å². The van der Waals surface area contributed by atoms with Gasteiger partial charge in [0.2, 0.25) is 5.78 Å². The van der Waals surface area contributed by atoms with E-state index in [2.05, 4.69) is 0 Å². The molecule has 0 aliphatic carbocycles. The van der Waals surface area contributed by atoms with Crippen LogP contribution in [-0.4, -0.2) is 67.5 Å². The number of carbonyl (C=O) groups is 2. The minimum atomic E-state index is -0.711. The molecular formula is C22H26N2O5S. The molecule has 7 nitrogen and oxygen atoms in total. The summed E-state index contributed by atoms with van der Waals surface area (Å²) < 4.78 is 11.0. The van der Waals surface area contributed by atoms with Crippen molar-refractivity contribution in [2.45, 2.75) is 13.0 Å². The number of rotatable bonds is 9. The number of methoxy groups -OCH3 is 1. The molecule has 1 aromatic carbocycles. The number of amides is 1. The molecule has 0 fully saturated rings. The summed E-state index contributed by atoms with van der Waals surface area (Å²) in [6.45, 7) is 3.31. The van der Waals surface area contributed by atoms with E-state index in [0.29, 0.717) is 41.6 Å². The van der Waals surface area contributed by atoms with Gasteiger partial charge in [-0.15, -0.1) is 11.3 Å². The van der Waals surface area contributed by atoms with Gasteiger partial charge in [-0.3, -0.25) is 9.59 Å². The lowest BCUT2D eigenvalue weighted by molar-refractivity contribution is -0.129. The highest BCUT2D eigenvalue weighted by Crippen LogP contribution is 2.41. The van der Waals surface area contributed by atoms with Crippen LogP contribution in [0.1, 0.15) is 28.2 Å². The number of aliphatic hydroxyl groups is 1. The lowest BCUT2D eigenvalue weighted by Gasteiger charge is -2.28. The van der Waals surface area contributed by atoms with Gasteiger partial charge >= 0.3 is 0 Å². The minimum Gasteiger partial charge on any atom is -0.503 e. The minimum absolute atomic E-state index is 0.0902. The summed E-state index contributed by atoms with van der Waals surface area (Å²) in [7, 11) is 5.34. The number of carbonyl (C=O) groups excluding carboxylic acids is 2. The van der Waals surface area contributed by atoms with Crippen LogP contribution in [0.2, 0.25) is 0 Å². The molecule has 1 aromatic heterocycles. The Morgan fingerprint density at radius 3 is 2.63 bits per heavy atom. The Morgan fingerprint density at radius 2 is 2.03 bits per heavy atom. The number of benzene rings is 1. The van der Waals surface area contributed by atoms with Crippen molar-refractivity contribution < 1.29 is 24.2 Å². The predicted molar refractivity (Wildman–Crippen MR) is 115 cm³/mol. The number of likely N-dealkylation sites (N-methyl/N-ethyl adjacent to an activating group) is 1. The van der Waals surface area contributed by atoms with Crippen LogP contribution in [0.25, 0.3) is 0 Å². The van der Waals surface area contributed by atoms with Gasteiger partial charge < -0.3 is 24.4 Å². The molecule has 1 amide bonds. The highest BCUT2D eigenvalue weighted by atomic mass is 32.1. The van der Waals surface area contributed by atoms with Crippen LogP contribution in [0.4, 0.5) is 0 Å². The fourth-order valence-electron chi connectivity index (χ4n) is 3.44. The molecule has 0 unspecified atom stereocenters. The molecule has 30 heavy (non-hydrogen) atoms. The van der Waals surface area contributed by atoms with Crippen molar-refractivity contribution in [3.63, 3.8) is 0 Å². The van der Waals surface area contributed by atoms with Gasteiger partial charge in [-0.05, 0) is 50.2 Å². The van der Waals surface area contributed by atoms with Gasteiger partial charge in [-0.1, -0.05) is 12.1 Å². The van der Waals surface area contributed by atoms with Gasteiger partial charge in [0, 0.05) is 13.1 Å². The molecule has 1 aliphatic rings. The van der Waals surface area contributed by atoms with E-state index in [1.807, 2.05) is 25.9 Å². The monoisotopic (exact) mass is 430 g/mol. The molecular weight excluding hydrogens is 404 g/mol. The van der Waals surface area contributed by atoms with Crippen molar-refractivity contribution in [3.8, 4) is 11.5 Å². The van der Waals surface area contributed by atoms with Crippen LogP contribution in [-0.2, 0) is 4.79 Å². The zero-order chi connectivity index (χ0) is 21.8. The third-order valence-corrected chi connectivity index (χ3v) is 5.75. The van der Waals surface area contributed by atoms with Gasteiger partial charge in [-0.25, -0.2) is 0 Å². The molecule has 0 spiro atoms. The zero-order valence-electron chi connectivity index (χ0n) is 17.5. The molecule has 0 saturated carbocycles. The van der Waals surface area contributed by atoms with Crippen molar-refractivity contribution in [2.24, 2.45) is 0 Å². The van der Waals surface area contributed by atoms with Crippen molar-refractivity contribution in [1.29, 1.82) is 0 Å². The van der Waals surface area contributed by atoms with Crippen LogP contribution in [0.5, 0.6) is 11.5 Å². The molecule has 2 heterocycles. The first-order valence-electron chi connectivity index (χ1n) is 9.66. The first-order valence-corrected chi connectivity index (χ1v) is 10.5. The highest BCUT2D eigenvalue weighted by Gasteiger charge is 2.44. The maximum absolute atomic E-state index is 13.2. The van der Waals surface area contributed by atoms with E-state index >= 15 is 0 Å². The number of aliphatic hydroxyl groups excluding tert-OH is 1. The summed E-state index contributed by atoms with van der Waals surface area (Å²) in [6.07, 6.45) is 0. The standard InChI is InChI=1S/C22H26N2O5S/c1-5-29-15-9-8-14(13-16(15)28-4)19-18(20(25)17-7-6-12-30-17)21(26)22(27)24(19)11-10-23(2)3/h6-9,12-13,19,26H,5,10-11H2,1-4H3/t19-/m1/s1. The van der Waals surface area contributed by atoms with Crippen molar-refractivity contribution in [3.05, 3.63) is 57.5 Å². The van der Waals surface area contributed by atoms with Crippen molar-refractivity contribution >= 4 is 23.0 Å². The predicted octanol–water partition coefficient (Wildman–Crippen LogP) is 3.30. The summed E-state index contributed by atoms with van der Waals surface area (Å²) in [5.41, 5.74) is 0.763. The van der Waals surface area contributed by atoms with E-state index in [1.54, 1.807) is 35.7 Å². The number of ether oxygens (including phenoxy) is 2. The lowest BCUT2D eigenvalue weighted by atomic mass is 9.95. The molecule has 8 heteroatoms. The summed E-state index contributed by atoms with van der Waals surface area (Å²) in [5, 5.41) is 12.5. The molecule has 160 valence electrons. The molecule has 2 aromatic rings. The first-order chi connectivity index (χ1) is 14.4.